The van der Waals surface area contributed by atoms with Crippen LogP contribution in [0.4, 0.5) is 0 Å². The van der Waals surface area contributed by atoms with Crippen molar-refractivity contribution in [3.63, 3.8) is 0 Å². The fourth-order valence-corrected chi connectivity index (χ4v) is 2.41. The lowest BCUT2D eigenvalue weighted by Gasteiger charge is -2.00. The largest absolute Gasteiger partial charge is 0.465 e. The fourth-order valence-electron chi connectivity index (χ4n) is 2.41. The van der Waals surface area contributed by atoms with Crippen molar-refractivity contribution in [1.82, 2.24) is 5.43 Å². The SMILES string of the molecule is CC(/C=C/c1ccco1)=N/NC(=O)[C@H]1C[C@@H]1c1ccccc1. The Morgan fingerprint density at radius 2 is 2.09 bits per heavy atom. The van der Waals surface area contributed by atoms with Crippen molar-refractivity contribution >= 4 is 17.7 Å². The number of carbonyl (C=O) groups excluding carboxylic acids is 1. The fraction of sp³-hybridized carbons (Fsp3) is 0.222. The number of amides is 1. The van der Waals surface area contributed by atoms with Gasteiger partial charge in [-0.2, -0.15) is 5.10 Å². The van der Waals surface area contributed by atoms with Crippen molar-refractivity contribution in [2.45, 2.75) is 19.3 Å². The molecule has 1 aliphatic carbocycles. The summed E-state index contributed by atoms with van der Waals surface area (Å²) >= 11 is 0. The number of allylic oxidation sites excluding steroid dienone is 1. The monoisotopic (exact) mass is 294 g/mol. The Hall–Kier alpha value is -2.62. The van der Waals surface area contributed by atoms with Crippen LogP contribution in [-0.2, 0) is 4.79 Å². The lowest BCUT2D eigenvalue weighted by molar-refractivity contribution is -0.122. The minimum atomic E-state index is -0.0143. The van der Waals surface area contributed by atoms with Gasteiger partial charge in [0.1, 0.15) is 5.76 Å². The Labute approximate surface area is 129 Å². The second-order valence-electron chi connectivity index (χ2n) is 5.44. The Morgan fingerprint density at radius 1 is 1.27 bits per heavy atom. The zero-order valence-corrected chi connectivity index (χ0v) is 12.4. The van der Waals surface area contributed by atoms with Crippen molar-refractivity contribution in [3.05, 3.63) is 66.1 Å². The van der Waals surface area contributed by atoms with Crippen molar-refractivity contribution in [3.8, 4) is 0 Å². The van der Waals surface area contributed by atoms with Gasteiger partial charge in [0.05, 0.1) is 12.0 Å². The molecule has 0 radical (unpaired) electrons. The number of furan rings is 1. The van der Waals surface area contributed by atoms with E-state index in [2.05, 4.69) is 22.7 Å². The quantitative estimate of drug-likeness (QED) is 0.677. The van der Waals surface area contributed by atoms with E-state index < -0.39 is 0 Å². The van der Waals surface area contributed by atoms with Gasteiger partial charge in [-0.25, -0.2) is 5.43 Å². The third-order valence-corrected chi connectivity index (χ3v) is 3.73. The molecule has 1 aliphatic rings. The molecule has 1 fully saturated rings. The highest BCUT2D eigenvalue weighted by atomic mass is 16.3. The summed E-state index contributed by atoms with van der Waals surface area (Å²) in [4.78, 5) is 12.1. The molecule has 22 heavy (non-hydrogen) atoms. The molecule has 1 aromatic carbocycles. The van der Waals surface area contributed by atoms with Crippen LogP contribution in [0.1, 0.15) is 30.6 Å². The van der Waals surface area contributed by atoms with Gasteiger partial charge in [0.15, 0.2) is 0 Å². The first-order chi connectivity index (χ1) is 10.7. The van der Waals surface area contributed by atoms with E-state index in [0.29, 0.717) is 5.92 Å². The molecule has 4 heteroatoms. The first-order valence-corrected chi connectivity index (χ1v) is 7.35. The topological polar surface area (TPSA) is 54.6 Å². The average Bonchev–Trinajstić information content (AvgIpc) is 3.19. The van der Waals surface area contributed by atoms with E-state index in [1.54, 1.807) is 12.3 Å². The number of nitrogens with zero attached hydrogens (tertiary/aromatic N) is 1. The van der Waals surface area contributed by atoms with Gasteiger partial charge >= 0.3 is 0 Å². The number of hydrogen-bond donors (Lipinski definition) is 1. The number of hydrazone groups is 1. The van der Waals surface area contributed by atoms with Crippen LogP contribution < -0.4 is 5.43 Å². The highest BCUT2D eigenvalue weighted by molar-refractivity contribution is 5.97. The standard InChI is InChI=1S/C18H18N2O2/c1-13(9-10-15-8-5-11-22-15)19-20-18(21)17-12-16(17)14-6-3-2-4-7-14/h2-11,16-17H,12H2,1H3,(H,20,21)/b10-9+,19-13-/t16-,17+/m1/s1. The van der Waals surface area contributed by atoms with Gasteiger partial charge in [-0.1, -0.05) is 30.3 Å². The van der Waals surface area contributed by atoms with Gasteiger partial charge in [0.2, 0.25) is 5.91 Å². The van der Waals surface area contributed by atoms with Crippen LogP contribution in [0.2, 0.25) is 0 Å². The molecular weight excluding hydrogens is 276 g/mol. The highest BCUT2D eigenvalue weighted by Crippen LogP contribution is 2.47. The van der Waals surface area contributed by atoms with Crippen LogP contribution in [0.25, 0.3) is 6.08 Å². The minimum absolute atomic E-state index is 0.0143. The van der Waals surface area contributed by atoms with Gasteiger partial charge in [0, 0.05) is 5.92 Å². The number of benzene rings is 1. The molecule has 0 saturated heterocycles. The summed E-state index contributed by atoms with van der Waals surface area (Å²) in [7, 11) is 0. The summed E-state index contributed by atoms with van der Waals surface area (Å²) < 4.78 is 5.19. The van der Waals surface area contributed by atoms with E-state index in [9.17, 15) is 4.79 Å². The Balaban J connectivity index is 1.51. The molecule has 1 heterocycles. The number of carbonyl (C=O) groups is 1. The summed E-state index contributed by atoms with van der Waals surface area (Å²) in [6, 6.07) is 13.8. The molecule has 0 bridgehead atoms. The Kier molecular flexibility index (Phi) is 4.19. The van der Waals surface area contributed by atoms with E-state index >= 15 is 0 Å². The van der Waals surface area contributed by atoms with E-state index in [0.717, 1.165) is 17.9 Å². The lowest BCUT2D eigenvalue weighted by atomic mass is 10.1. The molecule has 3 rings (SSSR count). The molecule has 1 saturated carbocycles. The average molecular weight is 294 g/mol. The Morgan fingerprint density at radius 3 is 2.82 bits per heavy atom. The van der Waals surface area contributed by atoms with Crippen molar-refractivity contribution in [2.75, 3.05) is 0 Å². The van der Waals surface area contributed by atoms with Crippen LogP contribution in [0.3, 0.4) is 0 Å². The van der Waals surface area contributed by atoms with Gasteiger partial charge in [-0.05, 0) is 49.1 Å². The van der Waals surface area contributed by atoms with E-state index in [4.69, 9.17) is 4.42 Å². The molecule has 1 N–H and O–H groups in total. The first kappa shape index (κ1) is 14.3. The van der Waals surface area contributed by atoms with Crippen LogP contribution in [0.15, 0.2) is 64.3 Å². The maximum Gasteiger partial charge on any atom is 0.243 e. The zero-order valence-electron chi connectivity index (χ0n) is 12.4. The summed E-state index contributed by atoms with van der Waals surface area (Å²) in [5, 5.41) is 4.10. The van der Waals surface area contributed by atoms with Gasteiger partial charge in [-0.15, -0.1) is 0 Å². The molecular formula is C18H18N2O2. The molecule has 4 nitrogen and oxygen atoms in total. The number of nitrogens with one attached hydrogen (secondary N) is 1. The molecule has 2 aromatic rings. The molecule has 2 atom stereocenters. The van der Waals surface area contributed by atoms with E-state index in [1.165, 1.54) is 5.56 Å². The smallest absolute Gasteiger partial charge is 0.243 e. The number of rotatable bonds is 5. The third-order valence-electron chi connectivity index (χ3n) is 3.73. The summed E-state index contributed by atoms with van der Waals surface area (Å²) in [6.45, 7) is 1.83. The third kappa shape index (κ3) is 3.52. The molecule has 0 unspecified atom stereocenters. The molecule has 1 aromatic heterocycles. The molecule has 112 valence electrons. The highest BCUT2D eigenvalue weighted by Gasteiger charge is 2.43. The predicted octanol–water partition coefficient (Wildman–Crippen LogP) is 3.59. The van der Waals surface area contributed by atoms with Crippen molar-refractivity contribution in [2.24, 2.45) is 11.0 Å². The van der Waals surface area contributed by atoms with Gasteiger partial charge < -0.3 is 4.42 Å². The van der Waals surface area contributed by atoms with Crippen molar-refractivity contribution in [1.29, 1.82) is 0 Å². The zero-order chi connectivity index (χ0) is 15.4. The van der Waals surface area contributed by atoms with Gasteiger partial charge in [0.25, 0.3) is 0 Å². The predicted molar refractivity (Wildman–Crippen MR) is 86.3 cm³/mol. The molecule has 0 aliphatic heterocycles. The lowest BCUT2D eigenvalue weighted by Crippen LogP contribution is -2.21. The number of hydrogen-bond acceptors (Lipinski definition) is 3. The van der Waals surface area contributed by atoms with Crippen LogP contribution in [-0.4, -0.2) is 11.6 Å². The van der Waals surface area contributed by atoms with Crippen molar-refractivity contribution < 1.29 is 9.21 Å². The maximum absolute atomic E-state index is 12.1. The second-order valence-corrected chi connectivity index (χ2v) is 5.44. The van der Waals surface area contributed by atoms with E-state index in [1.807, 2.05) is 43.3 Å². The second kappa shape index (κ2) is 6.43. The minimum Gasteiger partial charge on any atom is -0.465 e. The maximum atomic E-state index is 12.1. The molecule has 1 amide bonds. The normalized spacial score (nSPS) is 21.0. The first-order valence-electron chi connectivity index (χ1n) is 7.35. The van der Waals surface area contributed by atoms with Crippen LogP contribution >= 0.6 is 0 Å². The Bertz CT molecular complexity index is 687. The van der Waals surface area contributed by atoms with Crippen LogP contribution in [0.5, 0.6) is 0 Å². The van der Waals surface area contributed by atoms with E-state index in [-0.39, 0.29) is 11.8 Å². The summed E-state index contributed by atoms with van der Waals surface area (Å²) in [5.74, 6) is 1.11. The van der Waals surface area contributed by atoms with Crippen LogP contribution in [0, 0.1) is 5.92 Å². The molecule has 0 spiro atoms. The summed E-state index contributed by atoms with van der Waals surface area (Å²) in [5.41, 5.74) is 4.59. The summed E-state index contributed by atoms with van der Waals surface area (Å²) in [6.07, 6.45) is 6.13. The van der Waals surface area contributed by atoms with Gasteiger partial charge in [-0.3, -0.25) is 4.79 Å².